The zero-order chi connectivity index (χ0) is 18.1. The summed E-state index contributed by atoms with van der Waals surface area (Å²) in [5, 5.41) is 10.6. The number of carbonyl (C=O) groups excluding carboxylic acids is 1. The maximum absolute atomic E-state index is 11.6. The predicted molar refractivity (Wildman–Crippen MR) is 90.2 cm³/mol. The summed E-state index contributed by atoms with van der Waals surface area (Å²) in [5.74, 6) is 0.364. The minimum Gasteiger partial charge on any atom is -0.497 e. The van der Waals surface area contributed by atoms with Crippen LogP contribution in [0, 0.1) is 10.1 Å². The first-order valence-electron chi connectivity index (χ1n) is 7.48. The fourth-order valence-corrected chi connectivity index (χ4v) is 1.97. The number of hydrogen-bond donors (Lipinski definition) is 0. The number of carbonyl (C=O) groups is 1. The second-order valence-corrected chi connectivity index (χ2v) is 5.00. The maximum Gasteiger partial charge on any atom is 0.513 e. The number of non-ortho nitro benzene ring substituents is 1. The molecular formula is C18H17NO6. The molecule has 0 aliphatic rings. The minimum atomic E-state index is -0.808. The Labute approximate surface area is 144 Å². The molecule has 0 atom stereocenters. The lowest BCUT2D eigenvalue weighted by Crippen LogP contribution is -2.12. The lowest BCUT2D eigenvalue weighted by atomic mass is 10.1. The summed E-state index contributed by atoms with van der Waals surface area (Å²) in [5.41, 5.74) is 1.76. The van der Waals surface area contributed by atoms with Gasteiger partial charge in [-0.1, -0.05) is 30.8 Å². The van der Waals surface area contributed by atoms with E-state index in [1.165, 1.54) is 18.4 Å². The number of nitrogens with zero attached hydrogens (tertiary/aromatic N) is 1. The Morgan fingerprint density at radius 3 is 2.32 bits per heavy atom. The van der Waals surface area contributed by atoms with Gasteiger partial charge in [-0.3, -0.25) is 10.1 Å². The van der Waals surface area contributed by atoms with Crippen molar-refractivity contribution in [2.75, 3.05) is 6.61 Å². The van der Waals surface area contributed by atoms with E-state index in [0.29, 0.717) is 18.8 Å². The molecule has 0 N–H and O–H groups in total. The Morgan fingerprint density at radius 1 is 1.08 bits per heavy atom. The van der Waals surface area contributed by atoms with Gasteiger partial charge in [0.2, 0.25) is 0 Å². The molecule has 7 nitrogen and oxygen atoms in total. The van der Waals surface area contributed by atoms with Crippen molar-refractivity contribution in [1.82, 2.24) is 0 Å². The van der Waals surface area contributed by atoms with Crippen molar-refractivity contribution in [2.24, 2.45) is 0 Å². The average Bonchev–Trinajstić information content (AvgIpc) is 2.61. The Balaban J connectivity index is 1.74. The van der Waals surface area contributed by atoms with Crippen molar-refractivity contribution in [1.29, 1.82) is 0 Å². The van der Waals surface area contributed by atoms with E-state index >= 15 is 0 Å². The van der Waals surface area contributed by atoms with Crippen LogP contribution in [0.1, 0.15) is 11.1 Å². The number of nitro benzene ring substituents is 1. The third kappa shape index (κ3) is 5.98. The third-order valence-electron chi connectivity index (χ3n) is 3.25. The Morgan fingerprint density at radius 2 is 1.72 bits per heavy atom. The quantitative estimate of drug-likeness (QED) is 0.236. The molecule has 130 valence electrons. The Kier molecular flexibility index (Phi) is 6.53. The molecule has 0 saturated heterocycles. The molecular weight excluding hydrogens is 326 g/mol. The van der Waals surface area contributed by atoms with Gasteiger partial charge in [0.25, 0.3) is 5.69 Å². The SMILES string of the molecule is C=COCc1ccc(OC(=O)OCCc2ccc([N+](=O)[O-])cc2)cc1. The second-order valence-electron chi connectivity index (χ2n) is 5.00. The highest BCUT2D eigenvalue weighted by Gasteiger charge is 2.08. The molecule has 0 fully saturated rings. The summed E-state index contributed by atoms with van der Waals surface area (Å²) in [6.45, 7) is 3.96. The van der Waals surface area contributed by atoms with Gasteiger partial charge in [-0.05, 0) is 23.3 Å². The average molecular weight is 343 g/mol. The zero-order valence-corrected chi connectivity index (χ0v) is 13.4. The molecule has 0 aliphatic heterocycles. The topological polar surface area (TPSA) is 87.9 Å². The highest BCUT2D eigenvalue weighted by molar-refractivity contribution is 5.63. The molecule has 0 saturated carbocycles. The lowest BCUT2D eigenvalue weighted by molar-refractivity contribution is -0.384. The summed E-state index contributed by atoms with van der Waals surface area (Å²) in [7, 11) is 0. The first-order valence-corrected chi connectivity index (χ1v) is 7.48. The monoisotopic (exact) mass is 343 g/mol. The van der Waals surface area contributed by atoms with E-state index in [-0.39, 0.29) is 12.3 Å². The van der Waals surface area contributed by atoms with Gasteiger partial charge in [0, 0.05) is 18.6 Å². The number of ether oxygens (including phenoxy) is 3. The van der Waals surface area contributed by atoms with E-state index in [4.69, 9.17) is 14.2 Å². The van der Waals surface area contributed by atoms with Crippen molar-refractivity contribution in [3.05, 3.63) is 82.6 Å². The molecule has 25 heavy (non-hydrogen) atoms. The number of benzene rings is 2. The Hall–Kier alpha value is -3.35. The van der Waals surface area contributed by atoms with Crippen LogP contribution in [0.15, 0.2) is 61.4 Å². The largest absolute Gasteiger partial charge is 0.513 e. The highest BCUT2D eigenvalue weighted by Crippen LogP contribution is 2.14. The van der Waals surface area contributed by atoms with E-state index < -0.39 is 11.1 Å². The van der Waals surface area contributed by atoms with Crippen molar-refractivity contribution in [2.45, 2.75) is 13.0 Å². The third-order valence-corrected chi connectivity index (χ3v) is 3.25. The van der Waals surface area contributed by atoms with E-state index in [2.05, 4.69) is 6.58 Å². The summed E-state index contributed by atoms with van der Waals surface area (Å²) >= 11 is 0. The van der Waals surface area contributed by atoms with E-state index in [1.807, 2.05) is 0 Å². The van der Waals surface area contributed by atoms with Gasteiger partial charge in [0.1, 0.15) is 12.4 Å². The summed E-state index contributed by atoms with van der Waals surface area (Å²) in [4.78, 5) is 21.7. The van der Waals surface area contributed by atoms with Crippen LogP contribution in [0.25, 0.3) is 0 Å². The van der Waals surface area contributed by atoms with E-state index in [1.54, 1.807) is 36.4 Å². The van der Waals surface area contributed by atoms with Gasteiger partial charge < -0.3 is 14.2 Å². The van der Waals surface area contributed by atoms with Crippen LogP contribution in [0.2, 0.25) is 0 Å². The van der Waals surface area contributed by atoms with Crippen LogP contribution in [0.5, 0.6) is 5.75 Å². The molecule has 0 unspecified atom stereocenters. The zero-order valence-electron chi connectivity index (χ0n) is 13.4. The summed E-state index contributed by atoms with van der Waals surface area (Å²) < 4.78 is 15.1. The fourth-order valence-electron chi connectivity index (χ4n) is 1.97. The summed E-state index contributed by atoms with van der Waals surface area (Å²) in [6.07, 6.45) is 0.981. The van der Waals surface area contributed by atoms with E-state index in [9.17, 15) is 14.9 Å². The molecule has 0 amide bonds. The van der Waals surface area contributed by atoms with Crippen molar-refractivity contribution in [3.63, 3.8) is 0 Å². The molecule has 0 aliphatic carbocycles. The predicted octanol–water partition coefficient (Wildman–Crippen LogP) is 4.01. The number of rotatable bonds is 8. The molecule has 2 aromatic carbocycles. The standard InChI is InChI=1S/C18H17NO6/c1-2-23-13-15-5-9-17(10-6-15)25-18(20)24-12-11-14-3-7-16(8-4-14)19(21)22/h2-10H,1,11-13H2. The number of nitro groups is 1. The molecule has 7 heteroatoms. The molecule has 0 spiro atoms. The van der Waals surface area contributed by atoms with Crippen molar-refractivity contribution >= 4 is 11.8 Å². The van der Waals surface area contributed by atoms with Gasteiger partial charge in [0.05, 0.1) is 17.8 Å². The van der Waals surface area contributed by atoms with Crippen molar-refractivity contribution in [3.8, 4) is 5.75 Å². The maximum atomic E-state index is 11.6. The van der Waals surface area contributed by atoms with Crippen LogP contribution in [-0.2, 0) is 22.5 Å². The molecule has 0 bridgehead atoms. The smallest absolute Gasteiger partial charge is 0.497 e. The van der Waals surface area contributed by atoms with Crippen LogP contribution in [0.4, 0.5) is 10.5 Å². The number of hydrogen-bond acceptors (Lipinski definition) is 6. The van der Waals surface area contributed by atoms with E-state index in [0.717, 1.165) is 11.1 Å². The fraction of sp³-hybridized carbons (Fsp3) is 0.167. The molecule has 0 aromatic heterocycles. The highest BCUT2D eigenvalue weighted by atomic mass is 16.7. The van der Waals surface area contributed by atoms with Crippen LogP contribution in [0.3, 0.4) is 0 Å². The summed E-state index contributed by atoms with van der Waals surface area (Å²) in [6, 6.07) is 12.9. The van der Waals surface area contributed by atoms with Gasteiger partial charge in [0.15, 0.2) is 0 Å². The van der Waals surface area contributed by atoms with Gasteiger partial charge >= 0.3 is 6.16 Å². The Bertz CT molecular complexity index is 724. The normalized spacial score (nSPS) is 9.92. The minimum absolute atomic E-state index is 0.0195. The van der Waals surface area contributed by atoms with Crippen LogP contribution >= 0.6 is 0 Å². The first-order chi connectivity index (χ1) is 12.1. The molecule has 2 aromatic rings. The second kappa shape index (κ2) is 9.07. The first kappa shape index (κ1) is 18.0. The van der Waals surface area contributed by atoms with Gasteiger partial charge in [-0.25, -0.2) is 4.79 Å². The molecule has 2 rings (SSSR count). The van der Waals surface area contributed by atoms with Crippen LogP contribution < -0.4 is 4.74 Å². The molecule has 0 radical (unpaired) electrons. The lowest BCUT2D eigenvalue weighted by Gasteiger charge is -2.07. The van der Waals surface area contributed by atoms with Gasteiger partial charge in [-0.2, -0.15) is 0 Å². The van der Waals surface area contributed by atoms with Gasteiger partial charge in [-0.15, -0.1) is 0 Å². The van der Waals surface area contributed by atoms with Crippen molar-refractivity contribution < 1.29 is 23.9 Å². The molecule has 0 heterocycles. The van der Waals surface area contributed by atoms with Crippen LogP contribution in [-0.4, -0.2) is 17.7 Å².